The highest BCUT2D eigenvalue weighted by Crippen LogP contribution is 2.33. The number of rotatable bonds is 9. The number of sulfone groups is 1. The Hall–Kier alpha value is -3.78. The first-order valence-electron chi connectivity index (χ1n) is 12.4. The zero-order chi connectivity index (χ0) is 26.6. The second-order valence-electron chi connectivity index (χ2n) is 9.07. The number of unbranched alkanes of at least 4 members (excludes halogenated alkanes) is 1. The van der Waals surface area contributed by atoms with Crippen LogP contribution in [-0.4, -0.2) is 28.1 Å². The first-order chi connectivity index (χ1) is 17.8. The number of pyridine rings is 1. The minimum absolute atomic E-state index is 0.0910. The molecular formula is C29H31N3O4S. The minimum atomic E-state index is -4.35. The van der Waals surface area contributed by atoms with E-state index >= 15 is 0 Å². The van der Waals surface area contributed by atoms with Gasteiger partial charge in [-0.2, -0.15) is 4.98 Å². The zero-order valence-corrected chi connectivity index (χ0v) is 22.1. The molecule has 0 amide bonds. The summed E-state index contributed by atoms with van der Waals surface area (Å²) in [6.45, 7) is 5.90. The minimum Gasteiger partial charge on any atom is -0.493 e. The molecule has 192 valence electrons. The Kier molecular flexibility index (Phi) is 7.88. The van der Waals surface area contributed by atoms with E-state index in [0.717, 1.165) is 35.1 Å². The van der Waals surface area contributed by atoms with Crippen LogP contribution in [0.3, 0.4) is 0 Å². The molecule has 0 fully saturated rings. The third-order valence-corrected chi connectivity index (χ3v) is 8.20. The van der Waals surface area contributed by atoms with Crippen LogP contribution in [0, 0.1) is 6.92 Å². The molecule has 0 spiro atoms. The second kappa shape index (κ2) is 11.1. The third-order valence-electron chi connectivity index (χ3n) is 6.41. The maximum atomic E-state index is 13.7. The van der Waals surface area contributed by atoms with Crippen molar-refractivity contribution in [2.45, 2.75) is 62.3 Å². The van der Waals surface area contributed by atoms with E-state index in [2.05, 4.69) is 9.97 Å². The maximum absolute atomic E-state index is 13.7. The van der Waals surface area contributed by atoms with Crippen molar-refractivity contribution in [3.8, 4) is 17.0 Å². The molecule has 0 saturated heterocycles. The molecule has 1 N–H and O–H groups in total. The van der Waals surface area contributed by atoms with Crippen LogP contribution in [0.15, 0.2) is 87.6 Å². The molecule has 2 aromatic heterocycles. The van der Waals surface area contributed by atoms with Gasteiger partial charge in [-0.1, -0.05) is 62.7 Å². The van der Waals surface area contributed by atoms with E-state index in [1.807, 2.05) is 57.2 Å². The molecule has 0 aliphatic heterocycles. The summed E-state index contributed by atoms with van der Waals surface area (Å²) in [5.41, 5.74) is 2.57. The summed E-state index contributed by atoms with van der Waals surface area (Å²) in [6.07, 6.45) is 6.07. The molecule has 8 heteroatoms. The van der Waals surface area contributed by atoms with Crippen molar-refractivity contribution < 1.29 is 13.5 Å². The Labute approximate surface area is 217 Å². The van der Waals surface area contributed by atoms with Crippen LogP contribution in [0.25, 0.3) is 11.1 Å². The first-order valence-corrected chi connectivity index (χ1v) is 13.9. The van der Waals surface area contributed by atoms with E-state index in [4.69, 9.17) is 0 Å². The molecule has 1 atom stereocenters. The van der Waals surface area contributed by atoms with Crippen molar-refractivity contribution in [3.05, 3.63) is 100 Å². The van der Waals surface area contributed by atoms with Gasteiger partial charge in [-0.15, -0.1) is 0 Å². The van der Waals surface area contributed by atoms with Gasteiger partial charge < -0.3 is 5.11 Å². The van der Waals surface area contributed by atoms with Crippen molar-refractivity contribution in [2.75, 3.05) is 0 Å². The summed E-state index contributed by atoms with van der Waals surface area (Å²) in [5, 5.41) is 11.4. The van der Waals surface area contributed by atoms with Crippen molar-refractivity contribution in [1.29, 1.82) is 0 Å². The van der Waals surface area contributed by atoms with Crippen molar-refractivity contribution in [3.63, 3.8) is 0 Å². The summed E-state index contributed by atoms with van der Waals surface area (Å²) in [7, 11) is -4.35. The van der Waals surface area contributed by atoms with Gasteiger partial charge in [0, 0.05) is 24.4 Å². The number of aryl methyl sites for hydroxylation is 2. The van der Waals surface area contributed by atoms with Gasteiger partial charge in [0.2, 0.25) is 15.7 Å². The van der Waals surface area contributed by atoms with E-state index in [-0.39, 0.29) is 10.9 Å². The van der Waals surface area contributed by atoms with Crippen LogP contribution in [0.5, 0.6) is 5.88 Å². The number of nitrogens with zero attached hydrogens (tertiary/aromatic N) is 3. The Morgan fingerprint density at radius 1 is 0.973 bits per heavy atom. The highest BCUT2D eigenvalue weighted by molar-refractivity contribution is 7.91. The van der Waals surface area contributed by atoms with Crippen molar-refractivity contribution in [1.82, 2.24) is 14.5 Å². The molecule has 0 saturated carbocycles. The van der Waals surface area contributed by atoms with Crippen LogP contribution < -0.4 is 5.56 Å². The Morgan fingerprint density at radius 2 is 1.68 bits per heavy atom. The lowest BCUT2D eigenvalue weighted by atomic mass is 10.0. The number of hydrogen-bond acceptors (Lipinski definition) is 6. The normalized spacial score (nSPS) is 12.4. The van der Waals surface area contributed by atoms with E-state index in [1.54, 1.807) is 24.5 Å². The SMILES string of the molecule is CCCCc1nc(=O)c(S(=O)(=O)c2ccc(-c3cncc(C)c3)cc2)c(O)n1[C@@H](CC)c1ccccc1. The molecule has 2 heterocycles. The molecule has 0 aliphatic rings. The van der Waals surface area contributed by atoms with Crippen LogP contribution >= 0.6 is 0 Å². The fraction of sp³-hybridized carbons (Fsp3) is 0.276. The van der Waals surface area contributed by atoms with Gasteiger partial charge in [-0.3, -0.25) is 14.3 Å². The Bertz CT molecular complexity index is 1550. The van der Waals surface area contributed by atoms with Crippen LogP contribution in [0.2, 0.25) is 0 Å². The van der Waals surface area contributed by atoms with Crippen LogP contribution in [-0.2, 0) is 16.3 Å². The van der Waals surface area contributed by atoms with E-state index in [9.17, 15) is 18.3 Å². The monoisotopic (exact) mass is 517 g/mol. The van der Waals surface area contributed by atoms with E-state index in [0.29, 0.717) is 18.7 Å². The molecule has 0 aliphatic carbocycles. The topological polar surface area (TPSA) is 102 Å². The molecule has 7 nitrogen and oxygen atoms in total. The van der Waals surface area contributed by atoms with Gasteiger partial charge in [0.05, 0.1) is 10.9 Å². The quantitative estimate of drug-likeness (QED) is 0.315. The fourth-order valence-electron chi connectivity index (χ4n) is 4.52. The molecule has 2 aromatic carbocycles. The molecule has 0 radical (unpaired) electrons. The molecule has 4 rings (SSSR count). The number of benzene rings is 2. The van der Waals surface area contributed by atoms with Gasteiger partial charge in [0.1, 0.15) is 5.82 Å². The number of aromatic hydroxyl groups is 1. The molecule has 37 heavy (non-hydrogen) atoms. The van der Waals surface area contributed by atoms with Crippen LogP contribution in [0.1, 0.15) is 56.1 Å². The summed E-state index contributed by atoms with van der Waals surface area (Å²) in [5.74, 6) is -0.199. The summed E-state index contributed by atoms with van der Waals surface area (Å²) < 4.78 is 28.9. The predicted octanol–water partition coefficient (Wildman–Crippen LogP) is 5.49. The fourth-order valence-corrected chi connectivity index (χ4v) is 5.87. The molecule has 0 bridgehead atoms. The standard InChI is InChI=1S/C29H31N3O4S/c1-4-6-12-26-31-28(33)27(29(34)32(26)25(5-2)22-10-8-7-9-11-22)37(35,36)24-15-13-21(14-16-24)23-17-20(3)18-30-19-23/h7-11,13-19,25,34H,4-6,12H2,1-3H3/t25-/m0/s1. The van der Waals surface area contributed by atoms with E-state index < -0.39 is 26.2 Å². The van der Waals surface area contributed by atoms with Crippen LogP contribution in [0.4, 0.5) is 0 Å². The van der Waals surface area contributed by atoms with Crippen molar-refractivity contribution in [2.24, 2.45) is 0 Å². The number of aromatic nitrogens is 3. The zero-order valence-electron chi connectivity index (χ0n) is 21.3. The van der Waals surface area contributed by atoms with E-state index in [1.165, 1.54) is 16.7 Å². The highest BCUT2D eigenvalue weighted by atomic mass is 32.2. The third kappa shape index (κ3) is 5.34. The predicted molar refractivity (Wildman–Crippen MR) is 144 cm³/mol. The maximum Gasteiger partial charge on any atom is 0.296 e. The lowest BCUT2D eigenvalue weighted by molar-refractivity contribution is 0.358. The lowest BCUT2D eigenvalue weighted by Gasteiger charge is -2.25. The highest BCUT2D eigenvalue weighted by Gasteiger charge is 2.31. The Morgan fingerprint density at radius 3 is 2.30 bits per heavy atom. The Balaban J connectivity index is 1.85. The second-order valence-corrected chi connectivity index (χ2v) is 11.0. The smallest absolute Gasteiger partial charge is 0.296 e. The first kappa shape index (κ1) is 26.3. The van der Waals surface area contributed by atoms with Crippen molar-refractivity contribution >= 4 is 9.84 Å². The molecule has 0 unspecified atom stereocenters. The average molecular weight is 518 g/mol. The van der Waals surface area contributed by atoms with Gasteiger partial charge in [-0.05, 0) is 54.7 Å². The lowest BCUT2D eigenvalue weighted by Crippen LogP contribution is -2.27. The van der Waals surface area contributed by atoms with Gasteiger partial charge in [0.25, 0.3) is 5.56 Å². The average Bonchev–Trinajstić information content (AvgIpc) is 2.89. The summed E-state index contributed by atoms with van der Waals surface area (Å²) >= 11 is 0. The van der Waals surface area contributed by atoms with Gasteiger partial charge in [-0.25, -0.2) is 8.42 Å². The number of hydrogen-bond donors (Lipinski definition) is 1. The summed E-state index contributed by atoms with van der Waals surface area (Å²) in [4.78, 5) is 20.7. The molecular weight excluding hydrogens is 486 g/mol. The van der Waals surface area contributed by atoms with Gasteiger partial charge in [0.15, 0.2) is 4.90 Å². The largest absolute Gasteiger partial charge is 0.493 e. The van der Waals surface area contributed by atoms with Gasteiger partial charge >= 0.3 is 0 Å². The molecule has 4 aromatic rings. The summed E-state index contributed by atoms with van der Waals surface area (Å²) in [6, 6.07) is 17.3.